The van der Waals surface area contributed by atoms with Gasteiger partial charge in [-0.3, -0.25) is 4.79 Å². The lowest BCUT2D eigenvalue weighted by Crippen LogP contribution is -2.58. The molecular weight excluding hydrogens is 673 g/mol. The predicted molar refractivity (Wildman–Crippen MR) is 203 cm³/mol. The summed E-state index contributed by atoms with van der Waals surface area (Å²) in [4.78, 5) is 32.1. The van der Waals surface area contributed by atoms with Crippen LogP contribution in [0.25, 0.3) is 0 Å². The summed E-state index contributed by atoms with van der Waals surface area (Å²) in [6.45, 7) is 10.6. The van der Waals surface area contributed by atoms with E-state index in [1.807, 2.05) is 12.1 Å². The quantitative estimate of drug-likeness (QED) is 0.245. The second-order valence-electron chi connectivity index (χ2n) is 15.4. The number of alkyl carbamates (subject to hydrolysis) is 1. The molecule has 4 aliphatic rings. The lowest BCUT2D eigenvalue weighted by molar-refractivity contribution is -0.114. The zero-order valence-corrected chi connectivity index (χ0v) is 31.3. The van der Waals surface area contributed by atoms with Crippen molar-refractivity contribution in [2.75, 3.05) is 58.3 Å². The monoisotopic (exact) mass is 724 g/mol. The number of amides is 1. The van der Waals surface area contributed by atoms with Crippen LogP contribution in [0.4, 0.5) is 10.5 Å². The Kier molecular flexibility index (Phi) is 10.6. The molecule has 10 heteroatoms. The minimum atomic E-state index is -3.71. The van der Waals surface area contributed by atoms with Crippen molar-refractivity contribution in [3.05, 3.63) is 102 Å². The number of nitrogens with one attached hydrogen (secondary N) is 1. The van der Waals surface area contributed by atoms with Gasteiger partial charge in [0.1, 0.15) is 6.10 Å². The van der Waals surface area contributed by atoms with Crippen molar-refractivity contribution in [3.63, 3.8) is 0 Å². The highest BCUT2D eigenvalue weighted by molar-refractivity contribution is 7.91. The lowest BCUT2D eigenvalue weighted by Gasteiger charge is -2.54. The average molecular weight is 725 g/mol. The van der Waals surface area contributed by atoms with Crippen LogP contribution in [-0.2, 0) is 37.7 Å². The average Bonchev–Trinajstić information content (AvgIpc) is 3.61. The molecule has 1 aliphatic carbocycles. The number of carbonyl (C=O) groups is 2. The molecule has 52 heavy (non-hydrogen) atoms. The summed E-state index contributed by atoms with van der Waals surface area (Å²) in [5.74, 6) is 1.23. The minimum absolute atomic E-state index is 0.0505. The highest BCUT2D eigenvalue weighted by Crippen LogP contribution is 2.54. The van der Waals surface area contributed by atoms with Crippen molar-refractivity contribution in [2.24, 2.45) is 17.8 Å². The van der Waals surface area contributed by atoms with E-state index in [0.717, 1.165) is 83.6 Å². The third-order valence-electron chi connectivity index (χ3n) is 12.2. The Morgan fingerprint density at radius 2 is 1.71 bits per heavy atom. The first kappa shape index (κ1) is 36.4. The van der Waals surface area contributed by atoms with Crippen molar-refractivity contribution in [3.8, 4) is 0 Å². The Bertz CT molecular complexity index is 1880. The summed E-state index contributed by atoms with van der Waals surface area (Å²) < 4.78 is 32.9. The number of hydrogen-bond donors (Lipinski definition) is 1. The van der Waals surface area contributed by atoms with E-state index in [9.17, 15) is 18.0 Å². The van der Waals surface area contributed by atoms with E-state index in [-0.39, 0.29) is 39.6 Å². The highest BCUT2D eigenvalue weighted by atomic mass is 32.2. The number of likely N-dealkylation sites (N-methyl/N-ethyl adjacent to an activating group) is 1. The van der Waals surface area contributed by atoms with E-state index in [2.05, 4.69) is 57.9 Å². The first-order valence-electron chi connectivity index (χ1n) is 18.8. The number of ether oxygens (including phenoxy) is 1. The SMILES string of the molecule is C=CC(=O)Cc1cccc(S(=O)(=O)c2ccc(N3CC(CN4CCC(C5([C@H]6CCC[C@@H]6OC(=O)NC)CN(C)Cc6ccccc65)CC4)C3)cc2)c1. The standard InChI is InChI=1S/C42H52N4O5S/c1-4-35(47)23-30-9-7-11-37(24-30)52(49,50)36-17-15-34(16-18-36)46-26-31(27-46)25-45-21-19-33(20-22-45)42(39-13-8-14-40(39)51-41(48)43-2)29-44(3)28-32-10-5-6-12-38(32)42/h4-7,9-12,15-18,24,31,33,39-40H,1,8,13-14,19-23,25-29H2,2-3H3,(H,43,48)/t39-,40-,42?/m0/s1. The molecule has 9 nitrogen and oxygen atoms in total. The second kappa shape index (κ2) is 15.2. The number of rotatable bonds is 11. The maximum Gasteiger partial charge on any atom is 0.407 e. The summed E-state index contributed by atoms with van der Waals surface area (Å²) >= 11 is 0. The molecule has 1 unspecified atom stereocenters. The van der Waals surface area contributed by atoms with Gasteiger partial charge in [0.05, 0.1) is 9.79 Å². The van der Waals surface area contributed by atoms with E-state index >= 15 is 0 Å². The topological polar surface area (TPSA) is 99.3 Å². The van der Waals surface area contributed by atoms with Gasteiger partial charge in [-0.15, -0.1) is 0 Å². The Balaban J connectivity index is 0.975. The minimum Gasteiger partial charge on any atom is -0.446 e. The molecule has 3 heterocycles. The van der Waals surface area contributed by atoms with Gasteiger partial charge >= 0.3 is 6.09 Å². The van der Waals surface area contributed by atoms with Gasteiger partial charge in [-0.1, -0.05) is 43.0 Å². The summed E-state index contributed by atoms with van der Waals surface area (Å²) in [6, 6.07) is 22.8. The van der Waals surface area contributed by atoms with Crippen molar-refractivity contribution < 1.29 is 22.7 Å². The number of likely N-dealkylation sites (tertiary alicyclic amines) is 1. The van der Waals surface area contributed by atoms with Crippen LogP contribution in [0.15, 0.2) is 95.2 Å². The van der Waals surface area contributed by atoms with E-state index in [0.29, 0.717) is 23.3 Å². The first-order chi connectivity index (χ1) is 25.1. The van der Waals surface area contributed by atoms with Gasteiger partial charge in [0, 0.05) is 69.1 Å². The molecule has 2 saturated heterocycles. The van der Waals surface area contributed by atoms with E-state index in [1.54, 1.807) is 43.4 Å². The summed E-state index contributed by atoms with van der Waals surface area (Å²) in [6.07, 6.45) is 6.35. The zero-order chi connectivity index (χ0) is 36.5. The summed E-state index contributed by atoms with van der Waals surface area (Å²) in [7, 11) is 0.180. The number of hydrogen-bond acceptors (Lipinski definition) is 8. The molecular formula is C42H52N4O5S. The molecule has 7 rings (SSSR count). The smallest absolute Gasteiger partial charge is 0.407 e. The third kappa shape index (κ3) is 7.17. The van der Waals surface area contributed by atoms with Crippen LogP contribution in [-0.4, -0.2) is 89.6 Å². The Morgan fingerprint density at radius 1 is 0.962 bits per heavy atom. The van der Waals surface area contributed by atoms with Crippen LogP contribution in [0.2, 0.25) is 0 Å². The Labute approximate surface area is 308 Å². The van der Waals surface area contributed by atoms with Gasteiger partial charge in [-0.25, -0.2) is 13.2 Å². The lowest BCUT2D eigenvalue weighted by atomic mass is 9.56. The second-order valence-corrected chi connectivity index (χ2v) is 17.4. The first-order valence-corrected chi connectivity index (χ1v) is 20.3. The molecule has 0 bridgehead atoms. The maximum absolute atomic E-state index is 13.4. The maximum atomic E-state index is 13.4. The molecule has 276 valence electrons. The van der Waals surface area contributed by atoms with Gasteiger partial charge in [0.15, 0.2) is 5.78 Å². The van der Waals surface area contributed by atoms with E-state index < -0.39 is 9.84 Å². The number of benzene rings is 3. The van der Waals surface area contributed by atoms with Crippen molar-refractivity contribution in [1.29, 1.82) is 0 Å². The fourth-order valence-electron chi connectivity index (χ4n) is 9.77. The molecule has 3 aliphatic heterocycles. The number of ketones is 1. The van der Waals surface area contributed by atoms with Crippen molar-refractivity contribution in [1.82, 2.24) is 15.1 Å². The molecule has 0 spiro atoms. The number of anilines is 1. The number of carbonyl (C=O) groups excluding carboxylic acids is 2. The molecule has 3 aromatic carbocycles. The fraction of sp³-hybridized carbons (Fsp3) is 0.476. The zero-order valence-electron chi connectivity index (χ0n) is 30.5. The van der Waals surface area contributed by atoms with Crippen LogP contribution in [0.1, 0.15) is 48.8 Å². The van der Waals surface area contributed by atoms with Crippen molar-refractivity contribution >= 4 is 27.4 Å². The van der Waals surface area contributed by atoms with Crippen LogP contribution in [0, 0.1) is 17.8 Å². The van der Waals surface area contributed by atoms with Crippen LogP contribution in [0.5, 0.6) is 0 Å². The molecule has 3 atom stereocenters. The molecule has 3 aromatic rings. The van der Waals surface area contributed by atoms with Gasteiger partial charge in [-0.05, 0) is 117 Å². The predicted octanol–water partition coefficient (Wildman–Crippen LogP) is 5.87. The number of piperidine rings is 1. The van der Waals surface area contributed by atoms with Gasteiger partial charge in [0.25, 0.3) is 0 Å². The molecule has 3 fully saturated rings. The number of sulfone groups is 1. The van der Waals surface area contributed by atoms with Gasteiger partial charge < -0.3 is 24.8 Å². The molecule has 1 N–H and O–H groups in total. The van der Waals surface area contributed by atoms with Gasteiger partial charge in [-0.2, -0.15) is 0 Å². The molecule has 1 saturated carbocycles. The summed E-state index contributed by atoms with van der Waals surface area (Å²) in [5, 5.41) is 2.69. The Hall–Kier alpha value is -3.99. The summed E-state index contributed by atoms with van der Waals surface area (Å²) in [5.41, 5.74) is 4.53. The number of nitrogens with zero attached hydrogens (tertiary/aromatic N) is 3. The Morgan fingerprint density at radius 3 is 2.44 bits per heavy atom. The molecule has 1 amide bonds. The van der Waals surface area contributed by atoms with Crippen LogP contribution < -0.4 is 10.2 Å². The normalized spacial score (nSPS) is 24.5. The number of fused-ring (bicyclic) bond motifs is 1. The van der Waals surface area contributed by atoms with E-state index in [4.69, 9.17) is 4.74 Å². The largest absolute Gasteiger partial charge is 0.446 e. The molecule has 0 aromatic heterocycles. The van der Waals surface area contributed by atoms with Crippen molar-refractivity contribution in [2.45, 2.75) is 66.4 Å². The third-order valence-corrected chi connectivity index (χ3v) is 14.0. The highest BCUT2D eigenvalue weighted by Gasteiger charge is 2.55. The van der Waals surface area contributed by atoms with Crippen LogP contribution >= 0.6 is 0 Å². The van der Waals surface area contributed by atoms with Gasteiger partial charge in [0.2, 0.25) is 9.84 Å². The van der Waals surface area contributed by atoms with E-state index in [1.165, 1.54) is 17.2 Å². The fourth-order valence-corrected chi connectivity index (χ4v) is 11.1. The number of allylic oxidation sites excluding steroid dienone is 1. The van der Waals surface area contributed by atoms with Crippen LogP contribution in [0.3, 0.4) is 0 Å². The molecule has 0 radical (unpaired) electrons.